The highest BCUT2D eigenvalue weighted by Gasteiger charge is 2.22. The first kappa shape index (κ1) is 15.6. The minimum absolute atomic E-state index is 0.00648. The highest BCUT2D eigenvalue weighted by atomic mass is 32.1. The molecule has 0 saturated heterocycles. The molecule has 0 bridgehead atoms. The van der Waals surface area contributed by atoms with Crippen molar-refractivity contribution in [2.45, 2.75) is 26.8 Å². The summed E-state index contributed by atoms with van der Waals surface area (Å²) in [6, 6.07) is 7.89. The fraction of sp³-hybridized carbons (Fsp3) is 0.278. The van der Waals surface area contributed by atoms with E-state index in [-0.39, 0.29) is 11.9 Å². The van der Waals surface area contributed by atoms with Gasteiger partial charge in [0.15, 0.2) is 0 Å². The molecule has 0 fully saturated rings. The van der Waals surface area contributed by atoms with Gasteiger partial charge in [-0.25, -0.2) is 0 Å². The predicted molar refractivity (Wildman–Crippen MR) is 93.8 cm³/mol. The molecule has 0 aliphatic rings. The third-order valence-corrected chi connectivity index (χ3v) is 5.03. The summed E-state index contributed by atoms with van der Waals surface area (Å²) < 4.78 is 0. The average molecular weight is 325 g/mol. The van der Waals surface area contributed by atoms with E-state index in [1.807, 2.05) is 58.3 Å². The molecule has 5 heteroatoms. The predicted octanol–water partition coefficient (Wildman–Crippen LogP) is 4.14. The van der Waals surface area contributed by atoms with Crippen LogP contribution >= 0.6 is 11.3 Å². The van der Waals surface area contributed by atoms with Gasteiger partial charge in [0.2, 0.25) is 0 Å². The highest BCUT2D eigenvalue weighted by Crippen LogP contribution is 2.26. The quantitative estimate of drug-likeness (QED) is 0.727. The third kappa shape index (κ3) is 2.97. The molecule has 23 heavy (non-hydrogen) atoms. The summed E-state index contributed by atoms with van der Waals surface area (Å²) in [4.78, 5) is 24.5. The highest BCUT2D eigenvalue weighted by molar-refractivity contribution is 7.09. The number of nitrogens with zero attached hydrogens (tertiary/aromatic N) is 3. The third-order valence-electron chi connectivity index (χ3n) is 4.09. The topological polar surface area (TPSA) is 46.1 Å². The zero-order valence-electron chi connectivity index (χ0n) is 13.7. The minimum Gasteiger partial charge on any atom is -0.334 e. The zero-order chi connectivity index (χ0) is 16.6. The summed E-state index contributed by atoms with van der Waals surface area (Å²) in [6.45, 7) is 5.97. The van der Waals surface area contributed by atoms with Crippen LogP contribution in [0.15, 0.2) is 36.0 Å². The monoisotopic (exact) mass is 325 g/mol. The first-order chi connectivity index (χ1) is 11.0. The largest absolute Gasteiger partial charge is 0.334 e. The molecule has 1 aromatic carbocycles. The summed E-state index contributed by atoms with van der Waals surface area (Å²) in [5, 5.41) is 0.906. The Labute approximate surface area is 139 Å². The number of pyridine rings is 1. The lowest BCUT2D eigenvalue weighted by molar-refractivity contribution is 0.0746. The van der Waals surface area contributed by atoms with E-state index >= 15 is 0 Å². The van der Waals surface area contributed by atoms with Gasteiger partial charge < -0.3 is 4.90 Å². The molecule has 0 spiro atoms. The Bertz CT molecular complexity index is 858. The number of benzene rings is 1. The lowest BCUT2D eigenvalue weighted by atomic mass is 10.0. The van der Waals surface area contributed by atoms with Gasteiger partial charge in [0, 0.05) is 29.2 Å². The zero-order valence-corrected chi connectivity index (χ0v) is 14.5. The SMILES string of the molecule is Cc1ccc2nc(C)cc(C(=O)N(C)[C@@H](C)c3cncs3)c2c1. The lowest BCUT2D eigenvalue weighted by Crippen LogP contribution is -2.29. The van der Waals surface area contributed by atoms with Crippen molar-refractivity contribution in [3.05, 3.63) is 57.7 Å². The normalized spacial score (nSPS) is 12.3. The molecule has 1 atom stereocenters. The van der Waals surface area contributed by atoms with Gasteiger partial charge in [0.25, 0.3) is 5.91 Å². The van der Waals surface area contributed by atoms with E-state index in [9.17, 15) is 4.79 Å². The maximum atomic E-state index is 13.0. The van der Waals surface area contributed by atoms with Crippen molar-refractivity contribution in [1.82, 2.24) is 14.9 Å². The molecule has 0 aliphatic heterocycles. The number of carbonyl (C=O) groups is 1. The van der Waals surface area contributed by atoms with Gasteiger partial charge in [-0.2, -0.15) is 0 Å². The number of carbonyl (C=O) groups excluding carboxylic acids is 1. The number of aryl methyl sites for hydroxylation is 2. The molecule has 3 rings (SSSR count). The molecule has 0 unspecified atom stereocenters. The molecule has 4 nitrogen and oxygen atoms in total. The van der Waals surface area contributed by atoms with Gasteiger partial charge in [0.1, 0.15) is 0 Å². The summed E-state index contributed by atoms with van der Waals surface area (Å²) >= 11 is 1.56. The minimum atomic E-state index is -0.0108. The van der Waals surface area contributed by atoms with E-state index in [0.29, 0.717) is 5.56 Å². The number of hydrogen-bond donors (Lipinski definition) is 0. The van der Waals surface area contributed by atoms with Crippen LogP contribution in [0, 0.1) is 13.8 Å². The number of rotatable bonds is 3. The lowest BCUT2D eigenvalue weighted by Gasteiger charge is -2.24. The average Bonchev–Trinajstić information content (AvgIpc) is 3.07. The number of amides is 1. The van der Waals surface area contributed by atoms with Crippen LogP contribution in [0.25, 0.3) is 10.9 Å². The van der Waals surface area contributed by atoms with Crippen molar-refractivity contribution >= 4 is 28.1 Å². The Hall–Kier alpha value is -2.27. The van der Waals surface area contributed by atoms with Crippen LogP contribution in [0.5, 0.6) is 0 Å². The summed E-state index contributed by atoms with van der Waals surface area (Å²) in [7, 11) is 1.84. The van der Waals surface area contributed by atoms with Crippen LogP contribution in [0.4, 0.5) is 0 Å². The summed E-state index contributed by atoms with van der Waals surface area (Å²) in [5.41, 5.74) is 5.33. The van der Waals surface area contributed by atoms with Crippen LogP contribution in [0.1, 0.15) is 39.5 Å². The van der Waals surface area contributed by atoms with Gasteiger partial charge in [-0.3, -0.25) is 14.8 Å². The van der Waals surface area contributed by atoms with Crippen molar-refractivity contribution < 1.29 is 4.79 Å². The van der Waals surface area contributed by atoms with E-state index in [2.05, 4.69) is 9.97 Å². The number of hydrogen-bond acceptors (Lipinski definition) is 4. The number of thiazole rings is 1. The molecule has 0 N–H and O–H groups in total. The van der Waals surface area contributed by atoms with E-state index in [0.717, 1.165) is 27.0 Å². The second kappa shape index (κ2) is 6.08. The molecule has 0 aliphatic carbocycles. The number of aromatic nitrogens is 2. The molecule has 0 saturated carbocycles. The smallest absolute Gasteiger partial charge is 0.254 e. The van der Waals surface area contributed by atoms with Crippen LogP contribution in [0.3, 0.4) is 0 Å². The molecule has 2 aromatic heterocycles. The van der Waals surface area contributed by atoms with Gasteiger partial charge in [0.05, 0.1) is 22.6 Å². The second-order valence-electron chi connectivity index (χ2n) is 5.83. The molecule has 0 radical (unpaired) electrons. The number of fused-ring (bicyclic) bond motifs is 1. The van der Waals surface area contributed by atoms with E-state index in [1.54, 1.807) is 21.7 Å². The van der Waals surface area contributed by atoms with E-state index in [1.165, 1.54) is 0 Å². The van der Waals surface area contributed by atoms with Crippen molar-refractivity contribution in [2.24, 2.45) is 0 Å². The fourth-order valence-corrected chi connectivity index (χ4v) is 3.36. The standard InChI is InChI=1S/C18H19N3OS/c1-11-5-6-16-14(7-11)15(8-12(2)20-16)18(22)21(4)13(3)17-9-19-10-23-17/h5-10,13H,1-4H3/t13-/m0/s1. The molecule has 1 amide bonds. The van der Waals surface area contributed by atoms with Crippen molar-refractivity contribution in [2.75, 3.05) is 7.05 Å². The van der Waals surface area contributed by atoms with Gasteiger partial charge in [-0.15, -0.1) is 11.3 Å². The van der Waals surface area contributed by atoms with Crippen LogP contribution < -0.4 is 0 Å². The molecular formula is C18H19N3OS. The Balaban J connectivity index is 2.05. The molecule has 3 aromatic rings. The maximum absolute atomic E-state index is 13.0. The molecular weight excluding hydrogens is 306 g/mol. The Morgan fingerprint density at radius 1 is 1.26 bits per heavy atom. The summed E-state index contributed by atoms with van der Waals surface area (Å²) in [5.74, 6) is 0.00648. The van der Waals surface area contributed by atoms with Gasteiger partial charge in [-0.1, -0.05) is 11.6 Å². The molecule has 118 valence electrons. The summed E-state index contributed by atoms with van der Waals surface area (Å²) in [6.07, 6.45) is 1.82. The van der Waals surface area contributed by atoms with E-state index in [4.69, 9.17) is 0 Å². The fourth-order valence-electron chi connectivity index (χ4n) is 2.64. The Kier molecular flexibility index (Phi) is 4.13. The Morgan fingerprint density at radius 2 is 2.04 bits per heavy atom. The van der Waals surface area contributed by atoms with Crippen molar-refractivity contribution in [3.63, 3.8) is 0 Å². The Morgan fingerprint density at radius 3 is 2.74 bits per heavy atom. The van der Waals surface area contributed by atoms with Gasteiger partial charge >= 0.3 is 0 Å². The van der Waals surface area contributed by atoms with Crippen LogP contribution in [-0.2, 0) is 0 Å². The van der Waals surface area contributed by atoms with Gasteiger partial charge in [-0.05, 0) is 39.0 Å². The van der Waals surface area contributed by atoms with Crippen LogP contribution in [0.2, 0.25) is 0 Å². The van der Waals surface area contributed by atoms with Crippen molar-refractivity contribution in [3.8, 4) is 0 Å². The maximum Gasteiger partial charge on any atom is 0.254 e. The second-order valence-corrected chi connectivity index (χ2v) is 6.75. The molecule has 2 heterocycles. The first-order valence-electron chi connectivity index (χ1n) is 7.51. The van der Waals surface area contributed by atoms with E-state index < -0.39 is 0 Å². The van der Waals surface area contributed by atoms with Crippen molar-refractivity contribution in [1.29, 1.82) is 0 Å². The first-order valence-corrected chi connectivity index (χ1v) is 8.39. The van der Waals surface area contributed by atoms with Crippen LogP contribution in [-0.4, -0.2) is 27.8 Å².